The predicted molar refractivity (Wildman–Crippen MR) is 111 cm³/mol. The van der Waals surface area contributed by atoms with Crippen molar-refractivity contribution in [3.8, 4) is 0 Å². The summed E-state index contributed by atoms with van der Waals surface area (Å²) in [5.41, 5.74) is 1.36. The summed E-state index contributed by atoms with van der Waals surface area (Å²) >= 11 is 3.01. The molecule has 0 unspecified atom stereocenters. The number of thioether (sulfide) groups is 1. The number of carbonyl (C=O) groups excluding carboxylic acids is 1. The minimum absolute atomic E-state index is 0.200. The molecule has 27 heavy (non-hydrogen) atoms. The Hall–Kier alpha value is -1.64. The first kappa shape index (κ1) is 20.1. The van der Waals surface area contributed by atoms with E-state index in [-0.39, 0.29) is 5.91 Å². The van der Waals surface area contributed by atoms with Crippen LogP contribution >= 0.6 is 23.1 Å². The number of hydrogen-bond acceptors (Lipinski definition) is 6. The van der Waals surface area contributed by atoms with Gasteiger partial charge in [-0.2, -0.15) is 0 Å². The van der Waals surface area contributed by atoms with Crippen LogP contribution in [0, 0.1) is 5.92 Å². The van der Waals surface area contributed by atoms with Gasteiger partial charge in [-0.1, -0.05) is 67.3 Å². The largest absolute Gasteiger partial charge is 0.360 e. The summed E-state index contributed by atoms with van der Waals surface area (Å²) in [6, 6.07) is 10.6. The summed E-state index contributed by atoms with van der Waals surface area (Å²) in [6.45, 7) is 9.91. The molecule has 1 amide bonds. The second kappa shape index (κ2) is 10.1. The van der Waals surface area contributed by atoms with Crippen LogP contribution in [0.3, 0.4) is 0 Å². The first-order valence-electron chi connectivity index (χ1n) is 9.45. The maximum Gasteiger partial charge on any atom is 0.233 e. The van der Waals surface area contributed by atoms with E-state index in [1.54, 1.807) is 4.90 Å². The summed E-state index contributed by atoms with van der Waals surface area (Å²) in [4.78, 5) is 16.0. The lowest BCUT2D eigenvalue weighted by atomic mass is 10.2. The minimum atomic E-state index is 0.200. The molecule has 1 aromatic heterocycles. The number of carbonyl (C=O) groups is 1. The lowest BCUT2D eigenvalue weighted by Gasteiger charge is -2.32. The molecule has 2 aromatic rings. The molecule has 146 valence electrons. The summed E-state index contributed by atoms with van der Waals surface area (Å²) in [7, 11) is 0. The molecule has 1 aliphatic rings. The molecule has 1 aliphatic heterocycles. The van der Waals surface area contributed by atoms with Crippen molar-refractivity contribution in [2.75, 3.05) is 43.8 Å². The van der Waals surface area contributed by atoms with Crippen molar-refractivity contribution in [2.24, 2.45) is 5.92 Å². The third kappa shape index (κ3) is 6.48. The Bertz CT molecular complexity index is 714. The molecule has 0 bridgehead atoms. The molecule has 2 N–H and O–H groups in total. The smallest absolute Gasteiger partial charge is 0.233 e. The van der Waals surface area contributed by atoms with Crippen LogP contribution in [0.15, 0.2) is 34.7 Å². The van der Waals surface area contributed by atoms with Gasteiger partial charge in [-0.05, 0) is 5.92 Å². The van der Waals surface area contributed by atoms with Gasteiger partial charge in [-0.15, -0.1) is 10.2 Å². The fourth-order valence-electron chi connectivity index (χ4n) is 2.98. The summed E-state index contributed by atoms with van der Waals surface area (Å²) in [6.07, 6.45) is 0. The van der Waals surface area contributed by atoms with Crippen LogP contribution in [-0.2, 0) is 11.3 Å². The first-order valence-corrected chi connectivity index (χ1v) is 11.3. The van der Waals surface area contributed by atoms with Crippen molar-refractivity contribution in [1.82, 2.24) is 15.1 Å². The molecule has 0 radical (unpaired) electrons. The SMILES string of the molecule is CC(C)CNc1nnc(SCC(=O)N2CC[NH+](Cc3ccccc3)CC2)s1. The Morgan fingerprint density at radius 1 is 1.26 bits per heavy atom. The molecular weight excluding hydrogens is 378 g/mol. The van der Waals surface area contributed by atoms with E-state index in [9.17, 15) is 4.79 Å². The Morgan fingerprint density at radius 3 is 2.70 bits per heavy atom. The molecule has 1 saturated heterocycles. The quantitative estimate of drug-likeness (QED) is 0.653. The van der Waals surface area contributed by atoms with Crippen molar-refractivity contribution in [1.29, 1.82) is 0 Å². The van der Waals surface area contributed by atoms with Crippen LogP contribution in [0.2, 0.25) is 0 Å². The van der Waals surface area contributed by atoms with Crippen LogP contribution in [-0.4, -0.2) is 59.5 Å². The topological polar surface area (TPSA) is 62.6 Å². The molecule has 0 atom stereocenters. The van der Waals surface area contributed by atoms with Crippen molar-refractivity contribution in [2.45, 2.75) is 24.7 Å². The monoisotopic (exact) mass is 406 g/mol. The second-order valence-corrected chi connectivity index (χ2v) is 9.43. The third-order valence-corrected chi connectivity index (χ3v) is 6.51. The number of aromatic nitrogens is 2. The zero-order valence-electron chi connectivity index (χ0n) is 16.0. The fraction of sp³-hybridized carbons (Fsp3) is 0.526. The molecule has 2 heterocycles. The van der Waals surface area contributed by atoms with E-state index < -0.39 is 0 Å². The van der Waals surface area contributed by atoms with Gasteiger partial charge < -0.3 is 15.1 Å². The van der Waals surface area contributed by atoms with Crippen molar-refractivity contribution in [3.05, 3.63) is 35.9 Å². The molecule has 1 fully saturated rings. The average Bonchev–Trinajstić information content (AvgIpc) is 3.14. The Kier molecular flexibility index (Phi) is 7.49. The number of amides is 1. The van der Waals surface area contributed by atoms with E-state index in [1.807, 2.05) is 4.90 Å². The third-order valence-electron chi connectivity index (χ3n) is 4.51. The fourth-order valence-corrected chi connectivity index (χ4v) is 4.64. The zero-order chi connectivity index (χ0) is 19.1. The lowest BCUT2D eigenvalue weighted by molar-refractivity contribution is -0.917. The van der Waals surface area contributed by atoms with Gasteiger partial charge >= 0.3 is 0 Å². The predicted octanol–water partition coefficient (Wildman–Crippen LogP) is 1.63. The minimum Gasteiger partial charge on any atom is -0.360 e. The summed E-state index contributed by atoms with van der Waals surface area (Å²) in [5, 5.41) is 12.4. The maximum atomic E-state index is 12.5. The summed E-state index contributed by atoms with van der Waals surface area (Å²) < 4.78 is 0.850. The van der Waals surface area contributed by atoms with Crippen LogP contribution in [0.25, 0.3) is 0 Å². The van der Waals surface area contributed by atoms with Crippen molar-refractivity contribution < 1.29 is 9.69 Å². The molecule has 3 rings (SSSR count). The summed E-state index contributed by atoms with van der Waals surface area (Å²) in [5.74, 6) is 1.20. The highest BCUT2D eigenvalue weighted by atomic mass is 32.2. The average molecular weight is 407 g/mol. The number of nitrogens with one attached hydrogen (secondary N) is 2. The van der Waals surface area contributed by atoms with E-state index in [1.165, 1.54) is 28.7 Å². The maximum absolute atomic E-state index is 12.5. The van der Waals surface area contributed by atoms with Gasteiger partial charge in [-0.25, -0.2) is 0 Å². The highest BCUT2D eigenvalue weighted by Crippen LogP contribution is 2.25. The molecule has 0 spiro atoms. The standard InChI is InChI=1S/C19H27N5OS2/c1-15(2)12-20-18-21-22-19(27-18)26-14-17(25)24-10-8-23(9-11-24)13-16-6-4-3-5-7-16/h3-7,15H,8-14H2,1-2H3,(H,20,21)/p+1. The number of anilines is 1. The van der Waals surface area contributed by atoms with Crippen LogP contribution in [0.5, 0.6) is 0 Å². The highest BCUT2D eigenvalue weighted by molar-refractivity contribution is 8.01. The van der Waals surface area contributed by atoms with Gasteiger partial charge in [0.05, 0.1) is 31.9 Å². The van der Waals surface area contributed by atoms with Gasteiger partial charge in [0.25, 0.3) is 0 Å². The molecule has 8 heteroatoms. The number of rotatable bonds is 8. The Balaban J connectivity index is 1.38. The van der Waals surface area contributed by atoms with E-state index >= 15 is 0 Å². The van der Waals surface area contributed by atoms with Crippen molar-refractivity contribution >= 4 is 34.1 Å². The van der Waals surface area contributed by atoms with Crippen LogP contribution in [0.4, 0.5) is 5.13 Å². The van der Waals surface area contributed by atoms with Crippen LogP contribution in [0.1, 0.15) is 19.4 Å². The zero-order valence-corrected chi connectivity index (χ0v) is 17.6. The molecule has 6 nitrogen and oxygen atoms in total. The van der Waals surface area contributed by atoms with Crippen molar-refractivity contribution in [3.63, 3.8) is 0 Å². The van der Waals surface area contributed by atoms with E-state index in [4.69, 9.17) is 0 Å². The number of benzene rings is 1. The van der Waals surface area contributed by atoms with Gasteiger partial charge in [0, 0.05) is 12.1 Å². The van der Waals surface area contributed by atoms with Gasteiger partial charge in [0.2, 0.25) is 11.0 Å². The molecule has 0 aliphatic carbocycles. The van der Waals surface area contributed by atoms with Gasteiger partial charge in [0.1, 0.15) is 6.54 Å². The van der Waals surface area contributed by atoms with E-state index in [0.29, 0.717) is 11.7 Å². The molecule has 0 saturated carbocycles. The van der Waals surface area contributed by atoms with Gasteiger partial charge in [-0.3, -0.25) is 4.79 Å². The van der Waals surface area contributed by atoms with E-state index in [2.05, 4.69) is 59.7 Å². The number of hydrogen-bond donors (Lipinski definition) is 2. The second-order valence-electron chi connectivity index (χ2n) is 7.23. The first-order chi connectivity index (χ1) is 13.1. The molecular formula is C19H28N5OS2+. The highest BCUT2D eigenvalue weighted by Gasteiger charge is 2.24. The van der Waals surface area contributed by atoms with Gasteiger partial charge in [0.15, 0.2) is 4.34 Å². The number of nitrogens with zero attached hydrogens (tertiary/aromatic N) is 3. The number of quaternary nitrogens is 1. The Labute approximate surface area is 169 Å². The van der Waals surface area contributed by atoms with E-state index in [0.717, 1.165) is 48.7 Å². The molecule has 1 aromatic carbocycles. The lowest BCUT2D eigenvalue weighted by Crippen LogP contribution is -3.13. The normalized spacial score (nSPS) is 15.3. The van der Waals surface area contributed by atoms with Crippen LogP contribution < -0.4 is 10.2 Å². The number of piperazine rings is 1. The Morgan fingerprint density at radius 2 is 2.00 bits per heavy atom.